The van der Waals surface area contributed by atoms with Crippen molar-refractivity contribution >= 4 is 29.0 Å². The van der Waals surface area contributed by atoms with Gasteiger partial charge in [0, 0.05) is 31.5 Å². The van der Waals surface area contributed by atoms with Crippen LogP contribution in [-0.2, 0) is 11.3 Å². The van der Waals surface area contributed by atoms with Gasteiger partial charge in [0.05, 0.1) is 10.9 Å². The van der Waals surface area contributed by atoms with Crippen LogP contribution in [0.25, 0.3) is 0 Å². The number of pyridine rings is 1. The van der Waals surface area contributed by atoms with Gasteiger partial charge in [0.25, 0.3) is 0 Å². The Bertz CT molecular complexity index is 722. The van der Waals surface area contributed by atoms with Crippen LogP contribution >= 0.6 is 11.6 Å². The van der Waals surface area contributed by atoms with E-state index in [1.54, 1.807) is 12.3 Å². The van der Waals surface area contributed by atoms with E-state index in [0.29, 0.717) is 23.9 Å². The normalized spacial score (nSPS) is 17.5. The standard InChI is InChI=1S/C18H21ClN4O/c19-15-7-3-9-21-18(15)22-11-13-5-1-2-8-16(13)23-10-4-6-14(12-23)17(20)24/h1-3,5,7-9,14H,4,6,10-12H2,(H2,20,24)(H,21,22). The molecule has 0 radical (unpaired) electrons. The van der Waals surface area contributed by atoms with E-state index in [9.17, 15) is 4.79 Å². The topological polar surface area (TPSA) is 71.2 Å². The number of aromatic nitrogens is 1. The molecule has 3 rings (SSSR count). The van der Waals surface area contributed by atoms with Crippen molar-refractivity contribution in [1.82, 2.24) is 4.98 Å². The minimum atomic E-state index is -0.212. The summed E-state index contributed by atoms with van der Waals surface area (Å²) in [5.74, 6) is 0.378. The monoisotopic (exact) mass is 344 g/mol. The molecule has 1 amide bonds. The summed E-state index contributed by atoms with van der Waals surface area (Å²) in [7, 11) is 0. The van der Waals surface area contributed by atoms with Crippen LogP contribution in [0.1, 0.15) is 18.4 Å². The molecule has 1 fully saturated rings. The fourth-order valence-electron chi connectivity index (χ4n) is 3.09. The number of benzene rings is 1. The largest absolute Gasteiger partial charge is 0.370 e. The summed E-state index contributed by atoms with van der Waals surface area (Å²) in [6.45, 7) is 2.23. The molecule has 0 spiro atoms. The number of nitrogens with one attached hydrogen (secondary N) is 1. The third kappa shape index (κ3) is 3.79. The minimum Gasteiger partial charge on any atom is -0.370 e. The molecule has 24 heavy (non-hydrogen) atoms. The Labute approximate surface area is 146 Å². The van der Waals surface area contributed by atoms with Crippen LogP contribution in [0.4, 0.5) is 11.5 Å². The molecule has 3 N–H and O–H groups in total. The van der Waals surface area contributed by atoms with Crippen LogP contribution in [0.3, 0.4) is 0 Å². The molecular weight excluding hydrogens is 324 g/mol. The van der Waals surface area contributed by atoms with Gasteiger partial charge in [-0.05, 0) is 36.6 Å². The Kier molecular flexibility index (Phi) is 5.20. The third-order valence-electron chi connectivity index (χ3n) is 4.36. The van der Waals surface area contributed by atoms with Crippen molar-refractivity contribution in [1.29, 1.82) is 0 Å². The SMILES string of the molecule is NC(=O)C1CCCN(c2ccccc2CNc2ncccc2Cl)C1. The van der Waals surface area contributed by atoms with Crippen LogP contribution in [0.5, 0.6) is 0 Å². The minimum absolute atomic E-state index is 0.0787. The highest BCUT2D eigenvalue weighted by Crippen LogP contribution is 2.27. The van der Waals surface area contributed by atoms with Crippen molar-refractivity contribution in [2.45, 2.75) is 19.4 Å². The van der Waals surface area contributed by atoms with Gasteiger partial charge in [0.1, 0.15) is 5.82 Å². The van der Waals surface area contributed by atoms with E-state index in [1.165, 1.54) is 0 Å². The number of piperidine rings is 1. The number of primary amides is 1. The first-order valence-electron chi connectivity index (χ1n) is 8.11. The Balaban J connectivity index is 1.75. The van der Waals surface area contributed by atoms with Gasteiger partial charge in [0.15, 0.2) is 0 Å². The predicted octanol–water partition coefficient (Wildman–Crippen LogP) is 3.05. The Hall–Kier alpha value is -2.27. The highest BCUT2D eigenvalue weighted by atomic mass is 35.5. The summed E-state index contributed by atoms with van der Waals surface area (Å²) >= 11 is 6.15. The van der Waals surface area contributed by atoms with Crippen molar-refractivity contribution in [3.8, 4) is 0 Å². The van der Waals surface area contributed by atoms with Crippen LogP contribution in [0, 0.1) is 5.92 Å². The molecule has 2 aromatic rings. The first-order valence-corrected chi connectivity index (χ1v) is 8.49. The molecule has 1 saturated heterocycles. The van der Waals surface area contributed by atoms with Crippen molar-refractivity contribution in [3.63, 3.8) is 0 Å². The highest BCUT2D eigenvalue weighted by Gasteiger charge is 2.25. The first-order chi connectivity index (χ1) is 11.6. The molecule has 0 saturated carbocycles. The number of amides is 1. The lowest BCUT2D eigenvalue weighted by molar-refractivity contribution is -0.122. The average Bonchev–Trinajstić information content (AvgIpc) is 2.61. The van der Waals surface area contributed by atoms with Crippen molar-refractivity contribution in [3.05, 3.63) is 53.2 Å². The van der Waals surface area contributed by atoms with Crippen molar-refractivity contribution in [2.24, 2.45) is 11.7 Å². The molecule has 1 atom stereocenters. The van der Waals surface area contributed by atoms with E-state index < -0.39 is 0 Å². The second kappa shape index (κ2) is 7.53. The van der Waals surface area contributed by atoms with Crippen LogP contribution in [0.15, 0.2) is 42.6 Å². The lowest BCUT2D eigenvalue weighted by Gasteiger charge is -2.34. The second-order valence-corrected chi connectivity index (χ2v) is 6.41. The Morgan fingerprint density at radius 3 is 2.96 bits per heavy atom. The maximum absolute atomic E-state index is 11.5. The molecule has 126 valence electrons. The van der Waals surface area contributed by atoms with Gasteiger partial charge >= 0.3 is 0 Å². The second-order valence-electron chi connectivity index (χ2n) is 6.00. The lowest BCUT2D eigenvalue weighted by atomic mass is 9.96. The number of anilines is 2. The molecule has 1 aromatic heterocycles. The Morgan fingerprint density at radius 2 is 2.17 bits per heavy atom. The summed E-state index contributed by atoms with van der Waals surface area (Å²) in [6, 6.07) is 11.8. The maximum Gasteiger partial charge on any atom is 0.222 e. The molecule has 0 bridgehead atoms. The number of nitrogens with two attached hydrogens (primary N) is 1. The summed E-state index contributed by atoms with van der Waals surface area (Å²) in [6.07, 6.45) is 3.56. The summed E-state index contributed by atoms with van der Waals surface area (Å²) < 4.78 is 0. The number of rotatable bonds is 5. The van der Waals surface area contributed by atoms with Crippen molar-refractivity contribution < 1.29 is 4.79 Å². The zero-order valence-electron chi connectivity index (χ0n) is 13.4. The van der Waals surface area contributed by atoms with Gasteiger partial charge in [-0.3, -0.25) is 4.79 Å². The smallest absolute Gasteiger partial charge is 0.222 e. The zero-order chi connectivity index (χ0) is 16.9. The molecule has 1 aromatic carbocycles. The average molecular weight is 345 g/mol. The van der Waals surface area contributed by atoms with Gasteiger partial charge in [-0.15, -0.1) is 0 Å². The maximum atomic E-state index is 11.5. The van der Waals surface area contributed by atoms with Crippen LogP contribution < -0.4 is 16.0 Å². The number of hydrogen-bond acceptors (Lipinski definition) is 4. The van der Waals surface area contributed by atoms with E-state index in [4.69, 9.17) is 17.3 Å². The van der Waals surface area contributed by atoms with Gasteiger partial charge < -0.3 is 16.0 Å². The quantitative estimate of drug-likeness (QED) is 0.874. The fraction of sp³-hybridized carbons (Fsp3) is 0.333. The van der Waals surface area contributed by atoms with Crippen molar-refractivity contribution in [2.75, 3.05) is 23.3 Å². The molecule has 1 aliphatic rings. The summed E-state index contributed by atoms with van der Waals surface area (Å²) in [5.41, 5.74) is 7.77. The van der Waals surface area contributed by atoms with Crippen LogP contribution in [-0.4, -0.2) is 24.0 Å². The van der Waals surface area contributed by atoms with E-state index in [2.05, 4.69) is 27.3 Å². The zero-order valence-corrected chi connectivity index (χ0v) is 14.2. The molecule has 2 heterocycles. The molecule has 5 nitrogen and oxygen atoms in total. The number of hydrogen-bond donors (Lipinski definition) is 2. The molecule has 0 aliphatic carbocycles. The first kappa shape index (κ1) is 16.6. The van der Waals surface area contributed by atoms with E-state index in [1.807, 2.05) is 18.2 Å². The molecule has 6 heteroatoms. The number of nitrogens with zero attached hydrogens (tertiary/aromatic N) is 2. The number of para-hydroxylation sites is 1. The molecular formula is C18H21ClN4O. The van der Waals surface area contributed by atoms with E-state index in [0.717, 1.165) is 30.6 Å². The Morgan fingerprint density at radius 1 is 1.33 bits per heavy atom. The van der Waals surface area contributed by atoms with E-state index in [-0.39, 0.29) is 11.8 Å². The third-order valence-corrected chi connectivity index (χ3v) is 4.67. The number of halogens is 1. The molecule has 1 unspecified atom stereocenters. The summed E-state index contributed by atoms with van der Waals surface area (Å²) in [5, 5.41) is 3.88. The predicted molar refractivity (Wildman–Crippen MR) is 97.1 cm³/mol. The van der Waals surface area contributed by atoms with Gasteiger partial charge in [-0.1, -0.05) is 29.8 Å². The fourth-order valence-corrected chi connectivity index (χ4v) is 3.28. The lowest BCUT2D eigenvalue weighted by Crippen LogP contribution is -2.41. The number of carbonyl (C=O) groups is 1. The van der Waals surface area contributed by atoms with E-state index >= 15 is 0 Å². The van der Waals surface area contributed by atoms with Gasteiger partial charge in [0.2, 0.25) is 5.91 Å². The summed E-state index contributed by atoms with van der Waals surface area (Å²) in [4.78, 5) is 18.0. The number of carbonyl (C=O) groups excluding carboxylic acids is 1. The van der Waals surface area contributed by atoms with Gasteiger partial charge in [-0.25, -0.2) is 4.98 Å². The van der Waals surface area contributed by atoms with Gasteiger partial charge in [-0.2, -0.15) is 0 Å². The highest BCUT2D eigenvalue weighted by molar-refractivity contribution is 6.32. The van der Waals surface area contributed by atoms with Crippen LogP contribution in [0.2, 0.25) is 5.02 Å². The molecule has 1 aliphatic heterocycles.